The highest BCUT2D eigenvalue weighted by atomic mass is 16.2. The minimum absolute atomic E-state index is 0.155. The summed E-state index contributed by atoms with van der Waals surface area (Å²) in [6, 6.07) is -0.548. The van der Waals surface area contributed by atoms with Crippen molar-refractivity contribution < 1.29 is 14.4 Å². The van der Waals surface area contributed by atoms with Crippen LogP contribution in [0.25, 0.3) is 0 Å². The Hall–Kier alpha value is -1.63. The number of nitrogens with zero attached hydrogens (tertiary/aromatic N) is 2. The standard InChI is InChI=1S/C15H26N4O3/c1-3-13(20)19-8-4-7-18(9-10-19)11(2)14(21)17-15(22)16-12-5-6-12/h11-12H,3-10H2,1-2H3,(H2,16,17,21,22). The molecule has 2 fully saturated rings. The average molecular weight is 310 g/mol. The molecule has 1 aliphatic heterocycles. The number of imide groups is 1. The molecule has 1 saturated carbocycles. The maximum absolute atomic E-state index is 12.1. The molecule has 7 heteroatoms. The predicted molar refractivity (Wildman–Crippen MR) is 82.2 cm³/mol. The molecule has 1 aliphatic carbocycles. The van der Waals surface area contributed by atoms with Crippen molar-refractivity contribution >= 4 is 17.8 Å². The fourth-order valence-corrected chi connectivity index (χ4v) is 2.63. The fourth-order valence-electron chi connectivity index (χ4n) is 2.63. The van der Waals surface area contributed by atoms with E-state index in [1.54, 1.807) is 6.92 Å². The first-order valence-corrected chi connectivity index (χ1v) is 8.14. The molecule has 0 aromatic rings. The van der Waals surface area contributed by atoms with Crippen LogP contribution in [0.5, 0.6) is 0 Å². The molecule has 124 valence electrons. The summed E-state index contributed by atoms with van der Waals surface area (Å²) in [4.78, 5) is 39.4. The summed E-state index contributed by atoms with van der Waals surface area (Å²) in [5.74, 6) is -0.129. The van der Waals surface area contributed by atoms with E-state index in [9.17, 15) is 14.4 Å². The Bertz CT molecular complexity index is 437. The van der Waals surface area contributed by atoms with Crippen LogP contribution in [-0.4, -0.2) is 65.9 Å². The second kappa shape index (κ2) is 7.58. The molecule has 2 rings (SSSR count). The van der Waals surface area contributed by atoms with Crippen LogP contribution in [0.15, 0.2) is 0 Å². The molecule has 0 radical (unpaired) electrons. The Kier molecular flexibility index (Phi) is 5.76. The molecule has 1 atom stereocenters. The lowest BCUT2D eigenvalue weighted by Crippen LogP contribution is -2.50. The molecule has 0 spiro atoms. The van der Waals surface area contributed by atoms with Crippen molar-refractivity contribution in [3.05, 3.63) is 0 Å². The molecule has 1 saturated heterocycles. The first kappa shape index (κ1) is 16.7. The minimum Gasteiger partial charge on any atom is -0.341 e. The molecule has 4 amide bonds. The van der Waals surface area contributed by atoms with Crippen LogP contribution < -0.4 is 10.6 Å². The number of hydrogen-bond acceptors (Lipinski definition) is 4. The van der Waals surface area contributed by atoms with Gasteiger partial charge in [-0.05, 0) is 26.2 Å². The van der Waals surface area contributed by atoms with E-state index in [0.717, 1.165) is 32.4 Å². The summed E-state index contributed by atoms with van der Waals surface area (Å²) in [5.41, 5.74) is 0. The summed E-state index contributed by atoms with van der Waals surface area (Å²) in [5, 5.41) is 5.14. The largest absolute Gasteiger partial charge is 0.341 e. The van der Waals surface area contributed by atoms with Crippen molar-refractivity contribution in [2.75, 3.05) is 26.2 Å². The van der Waals surface area contributed by atoms with Crippen LogP contribution in [-0.2, 0) is 9.59 Å². The van der Waals surface area contributed by atoms with Gasteiger partial charge in [-0.25, -0.2) is 4.79 Å². The number of nitrogens with one attached hydrogen (secondary N) is 2. The SMILES string of the molecule is CCC(=O)N1CCCN(C(C)C(=O)NC(=O)NC2CC2)CC1. The highest BCUT2D eigenvalue weighted by Gasteiger charge is 2.28. The smallest absolute Gasteiger partial charge is 0.321 e. The summed E-state index contributed by atoms with van der Waals surface area (Å²) in [7, 11) is 0. The molecule has 1 unspecified atom stereocenters. The number of carbonyl (C=O) groups is 3. The van der Waals surface area contributed by atoms with Gasteiger partial charge in [0.2, 0.25) is 11.8 Å². The molecule has 0 bridgehead atoms. The van der Waals surface area contributed by atoms with Gasteiger partial charge < -0.3 is 10.2 Å². The zero-order valence-electron chi connectivity index (χ0n) is 13.4. The van der Waals surface area contributed by atoms with Crippen LogP contribution >= 0.6 is 0 Å². The molecule has 2 N–H and O–H groups in total. The normalized spacial score (nSPS) is 20.9. The van der Waals surface area contributed by atoms with Crippen molar-refractivity contribution in [3.8, 4) is 0 Å². The molecule has 1 heterocycles. The molecular formula is C15H26N4O3. The average Bonchev–Trinajstić information content (AvgIpc) is 3.31. The fraction of sp³-hybridized carbons (Fsp3) is 0.800. The van der Waals surface area contributed by atoms with E-state index in [2.05, 4.69) is 10.6 Å². The lowest BCUT2D eigenvalue weighted by Gasteiger charge is -2.26. The van der Waals surface area contributed by atoms with Crippen molar-refractivity contribution in [1.29, 1.82) is 0 Å². The highest BCUT2D eigenvalue weighted by molar-refractivity contribution is 5.97. The van der Waals surface area contributed by atoms with E-state index in [4.69, 9.17) is 0 Å². The van der Waals surface area contributed by atoms with Crippen molar-refractivity contribution in [2.24, 2.45) is 0 Å². The van der Waals surface area contributed by atoms with E-state index in [1.165, 1.54) is 0 Å². The first-order chi connectivity index (χ1) is 10.5. The van der Waals surface area contributed by atoms with Gasteiger partial charge in [0.25, 0.3) is 0 Å². The van der Waals surface area contributed by atoms with E-state index in [1.807, 2.05) is 16.7 Å². The van der Waals surface area contributed by atoms with Crippen LogP contribution in [0.3, 0.4) is 0 Å². The minimum atomic E-state index is -0.406. The van der Waals surface area contributed by atoms with E-state index in [-0.39, 0.29) is 23.9 Å². The van der Waals surface area contributed by atoms with Crippen molar-refractivity contribution in [2.45, 2.75) is 51.6 Å². The zero-order valence-corrected chi connectivity index (χ0v) is 13.4. The Morgan fingerprint density at radius 3 is 2.50 bits per heavy atom. The second-order valence-electron chi connectivity index (χ2n) is 6.04. The molecule has 22 heavy (non-hydrogen) atoms. The Balaban J connectivity index is 1.80. The third-order valence-electron chi connectivity index (χ3n) is 4.26. The van der Waals surface area contributed by atoms with E-state index in [0.29, 0.717) is 19.5 Å². The van der Waals surface area contributed by atoms with Crippen LogP contribution in [0, 0.1) is 0 Å². The summed E-state index contributed by atoms with van der Waals surface area (Å²) in [6.07, 6.45) is 3.34. The monoisotopic (exact) mass is 310 g/mol. The van der Waals surface area contributed by atoms with Gasteiger partial charge in [-0.1, -0.05) is 6.92 Å². The molecule has 0 aromatic carbocycles. The van der Waals surface area contributed by atoms with E-state index >= 15 is 0 Å². The number of carbonyl (C=O) groups excluding carboxylic acids is 3. The number of amides is 4. The first-order valence-electron chi connectivity index (χ1n) is 8.14. The number of rotatable bonds is 4. The van der Waals surface area contributed by atoms with Gasteiger partial charge in [-0.2, -0.15) is 0 Å². The van der Waals surface area contributed by atoms with Gasteiger partial charge in [0.15, 0.2) is 0 Å². The predicted octanol–water partition coefficient (Wildman–Crippen LogP) is 0.307. The third-order valence-corrected chi connectivity index (χ3v) is 4.26. The van der Waals surface area contributed by atoms with Crippen LogP contribution in [0.2, 0.25) is 0 Å². The Labute approximate surface area is 131 Å². The van der Waals surface area contributed by atoms with Crippen LogP contribution in [0.4, 0.5) is 4.79 Å². The quantitative estimate of drug-likeness (QED) is 0.783. The summed E-state index contributed by atoms with van der Waals surface area (Å²) < 4.78 is 0. The Morgan fingerprint density at radius 2 is 1.86 bits per heavy atom. The molecule has 7 nitrogen and oxygen atoms in total. The summed E-state index contributed by atoms with van der Waals surface area (Å²) in [6.45, 7) is 6.45. The van der Waals surface area contributed by atoms with Crippen LogP contribution in [0.1, 0.15) is 39.5 Å². The maximum Gasteiger partial charge on any atom is 0.321 e. The highest BCUT2D eigenvalue weighted by Crippen LogP contribution is 2.18. The van der Waals surface area contributed by atoms with Gasteiger partial charge in [0, 0.05) is 38.6 Å². The van der Waals surface area contributed by atoms with Gasteiger partial charge in [-0.3, -0.25) is 19.8 Å². The Morgan fingerprint density at radius 1 is 1.14 bits per heavy atom. The molecule has 0 aromatic heterocycles. The third kappa shape index (κ3) is 4.69. The number of urea groups is 1. The summed E-state index contributed by atoms with van der Waals surface area (Å²) >= 11 is 0. The lowest BCUT2D eigenvalue weighted by molar-refractivity contribution is -0.130. The second-order valence-corrected chi connectivity index (χ2v) is 6.04. The van der Waals surface area contributed by atoms with E-state index < -0.39 is 6.03 Å². The molecular weight excluding hydrogens is 284 g/mol. The van der Waals surface area contributed by atoms with Gasteiger partial charge in [-0.15, -0.1) is 0 Å². The van der Waals surface area contributed by atoms with Gasteiger partial charge >= 0.3 is 6.03 Å². The maximum atomic E-state index is 12.1. The zero-order chi connectivity index (χ0) is 16.1. The van der Waals surface area contributed by atoms with Crippen molar-refractivity contribution in [3.63, 3.8) is 0 Å². The van der Waals surface area contributed by atoms with Gasteiger partial charge in [0.1, 0.15) is 0 Å². The molecule has 2 aliphatic rings. The lowest BCUT2D eigenvalue weighted by atomic mass is 10.2. The topological polar surface area (TPSA) is 81.8 Å². The van der Waals surface area contributed by atoms with Gasteiger partial charge in [0.05, 0.1) is 6.04 Å². The van der Waals surface area contributed by atoms with Crippen molar-refractivity contribution in [1.82, 2.24) is 20.4 Å². The number of hydrogen-bond donors (Lipinski definition) is 2.